The van der Waals surface area contributed by atoms with Crippen molar-refractivity contribution >= 4 is 5.78 Å². The van der Waals surface area contributed by atoms with E-state index < -0.39 is 5.82 Å². The third kappa shape index (κ3) is 5.86. The molecule has 0 aliphatic carbocycles. The molecule has 0 bridgehead atoms. The molecule has 0 radical (unpaired) electrons. The molecule has 1 aromatic carbocycles. The Morgan fingerprint density at radius 3 is 2.31 bits per heavy atom. The van der Waals surface area contributed by atoms with Crippen molar-refractivity contribution in [2.24, 2.45) is 11.5 Å². The molecule has 29 heavy (non-hydrogen) atoms. The average Bonchev–Trinajstić information content (AvgIpc) is 2.56. The minimum absolute atomic E-state index is 0.00728. The van der Waals surface area contributed by atoms with Crippen molar-refractivity contribution in [2.75, 3.05) is 6.54 Å². The number of nitrogens with two attached hydrogens (primary N) is 2. The van der Waals surface area contributed by atoms with Crippen LogP contribution in [0.4, 0.5) is 4.39 Å². The molecule has 1 rings (SSSR count). The largest absolute Gasteiger partial charge is 0.490 e. The first kappa shape index (κ1) is 24.3. The second kappa shape index (κ2) is 10.1. The molecule has 0 saturated carbocycles. The Morgan fingerprint density at radius 2 is 1.90 bits per heavy atom. The fourth-order valence-electron chi connectivity index (χ4n) is 3.31. The van der Waals surface area contributed by atoms with Crippen LogP contribution >= 0.6 is 0 Å². The zero-order valence-corrected chi connectivity index (χ0v) is 18.6. The Morgan fingerprint density at radius 1 is 1.31 bits per heavy atom. The van der Waals surface area contributed by atoms with Crippen molar-refractivity contribution in [1.29, 1.82) is 0 Å². The molecule has 0 spiro atoms. The van der Waals surface area contributed by atoms with E-state index in [9.17, 15) is 9.18 Å². The predicted octanol–water partition coefficient (Wildman–Crippen LogP) is 4.73. The zero-order valence-electron chi connectivity index (χ0n) is 18.6. The molecule has 6 heteroatoms. The summed E-state index contributed by atoms with van der Waals surface area (Å²) in [5, 5.41) is 0. The van der Waals surface area contributed by atoms with Gasteiger partial charge in [0.05, 0.1) is 17.4 Å². The summed E-state index contributed by atoms with van der Waals surface area (Å²) in [6, 6.07) is 1.74. The summed E-state index contributed by atoms with van der Waals surface area (Å²) in [7, 11) is 0. The number of hydrogen-bond donors (Lipinski definition) is 2. The van der Waals surface area contributed by atoms with Crippen LogP contribution in [0.2, 0.25) is 0 Å². The third-order valence-electron chi connectivity index (χ3n) is 4.43. The van der Waals surface area contributed by atoms with E-state index in [-0.39, 0.29) is 23.4 Å². The van der Waals surface area contributed by atoms with Gasteiger partial charge in [0.15, 0.2) is 5.78 Å². The number of halogens is 1. The SMILES string of the molecule is C=C(N)/C(=C(\C)N)N(/C=C\C)CC(C)c1cc(C)c(F)c(C(C)=O)c1OC(C)C. The summed E-state index contributed by atoms with van der Waals surface area (Å²) < 4.78 is 20.7. The highest BCUT2D eigenvalue weighted by molar-refractivity contribution is 5.98. The molecule has 0 amide bonds. The summed E-state index contributed by atoms with van der Waals surface area (Å²) in [4.78, 5) is 14.1. The van der Waals surface area contributed by atoms with E-state index in [4.69, 9.17) is 16.2 Å². The molecule has 0 aliphatic rings. The van der Waals surface area contributed by atoms with Gasteiger partial charge in [-0.3, -0.25) is 4.79 Å². The number of allylic oxidation sites excluding steroid dienone is 2. The standard InChI is InChI=1S/C23H34FN3O2/c1-9-10-27(22(16(6)25)17(7)26)12-15(5)19-11-14(4)21(24)20(18(8)28)23(19)29-13(2)3/h9-11,13,15H,6,12,25-26H2,1-5,7-8H3/b10-9-,22-17-. The van der Waals surface area contributed by atoms with Crippen LogP contribution in [0.1, 0.15) is 68.9 Å². The molecule has 0 aliphatic heterocycles. The quantitative estimate of drug-likeness (QED) is 0.460. The van der Waals surface area contributed by atoms with Gasteiger partial charge in [0.2, 0.25) is 0 Å². The smallest absolute Gasteiger partial charge is 0.166 e. The number of ketones is 1. The van der Waals surface area contributed by atoms with Crippen molar-refractivity contribution in [3.8, 4) is 5.75 Å². The van der Waals surface area contributed by atoms with E-state index in [1.807, 2.05) is 44.9 Å². The van der Waals surface area contributed by atoms with E-state index in [2.05, 4.69) is 6.58 Å². The van der Waals surface area contributed by atoms with Gasteiger partial charge in [-0.25, -0.2) is 4.39 Å². The maximum Gasteiger partial charge on any atom is 0.166 e. The molecular weight excluding hydrogens is 369 g/mol. The van der Waals surface area contributed by atoms with E-state index in [0.29, 0.717) is 34.9 Å². The monoisotopic (exact) mass is 403 g/mol. The normalized spacial score (nSPS) is 13.4. The molecule has 4 N–H and O–H groups in total. The van der Waals surface area contributed by atoms with E-state index in [1.165, 1.54) is 6.92 Å². The van der Waals surface area contributed by atoms with Gasteiger partial charge in [-0.1, -0.05) is 19.6 Å². The van der Waals surface area contributed by atoms with Crippen LogP contribution < -0.4 is 16.2 Å². The fraction of sp³-hybridized carbons (Fsp3) is 0.435. The number of ether oxygens (including phenoxy) is 1. The lowest BCUT2D eigenvalue weighted by atomic mass is 9.92. The summed E-state index contributed by atoms with van der Waals surface area (Å²) >= 11 is 0. The van der Waals surface area contributed by atoms with E-state index >= 15 is 0 Å². The van der Waals surface area contributed by atoms with Crippen molar-refractivity contribution in [1.82, 2.24) is 4.90 Å². The molecule has 0 saturated heterocycles. The first-order valence-corrected chi connectivity index (χ1v) is 9.73. The molecule has 0 aromatic heterocycles. The van der Waals surface area contributed by atoms with E-state index in [1.54, 1.807) is 19.9 Å². The molecule has 1 atom stereocenters. The molecule has 1 aromatic rings. The maximum atomic E-state index is 14.8. The minimum Gasteiger partial charge on any atom is -0.490 e. The lowest BCUT2D eigenvalue weighted by molar-refractivity contribution is 0.100. The highest BCUT2D eigenvalue weighted by Crippen LogP contribution is 2.36. The van der Waals surface area contributed by atoms with E-state index in [0.717, 1.165) is 5.56 Å². The van der Waals surface area contributed by atoms with Gasteiger partial charge in [0.25, 0.3) is 0 Å². The van der Waals surface area contributed by atoms with Crippen LogP contribution in [0.15, 0.2) is 42.0 Å². The zero-order chi connectivity index (χ0) is 22.5. The van der Waals surface area contributed by atoms with Gasteiger partial charge in [-0.05, 0) is 64.9 Å². The van der Waals surface area contributed by atoms with Crippen LogP contribution in [0, 0.1) is 12.7 Å². The Kier molecular flexibility index (Phi) is 8.49. The van der Waals surface area contributed by atoms with Gasteiger partial charge < -0.3 is 21.1 Å². The van der Waals surface area contributed by atoms with Gasteiger partial charge in [0.1, 0.15) is 11.6 Å². The van der Waals surface area contributed by atoms with Crippen molar-refractivity contribution < 1.29 is 13.9 Å². The van der Waals surface area contributed by atoms with Crippen LogP contribution in [0.5, 0.6) is 5.75 Å². The summed E-state index contributed by atoms with van der Waals surface area (Å²) in [6.45, 7) is 16.6. The molecule has 1 unspecified atom stereocenters. The molecular formula is C23H34FN3O2. The molecule has 5 nitrogen and oxygen atoms in total. The lowest BCUT2D eigenvalue weighted by Crippen LogP contribution is -2.28. The highest BCUT2D eigenvalue weighted by atomic mass is 19.1. The van der Waals surface area contributed by atoms with Crippen LogP contribution in [0.3, 0.4) is 0 Å². The number of benzene rings is 1. The second-order valence-corrected chi connectivity index (χ2v) is 7.62. The van der Waals surface area contributed by atoms with Crippen LogP contribution in [0.25, 0.3) is 0 Å². The Balaban J connectivity index is 3.57. The number of carbonyl (C=O) groups is 1. The number of Topliss-reactive ketones (excluding diaryl/α,β-unsaturated/α-hetero) is 1. The fourth-order valence-corrected chi connectivity index (χ4v) is 3.31. The van der Waals surface area contributed by atoms with Gasteiger partial charge in [0, 0.05) is 23.9 Å². The van der Waals surface area contributed by atoms with Gasteiger partial charge >= 0.3 is 0 Å². The second-order valence-electron chi connectivity index (χ2n) is 7.62. The number of rotatable bonds is 9. The van der Waals surface area contributed by atoms with Gasteiger partial charge in [-0.2, -0.15) is 0 Å². The third-order valence-corrected chi connectivity index (χ3v) is 4.43. The number of aryl methyl sites for hydroxylation is 1. The number of hydrogen-bond acceptors (Lipinski definition) is 5. The predicted molar refractivity (Wildman–Crippen MR) is 117 cm³/mol. The Labute approximate surface area is 173 Å². The van der Waals surface area contributed by atoms with Crippen molar-refractivity contribution in [3.05, 3.63) is 64.5 Å². The molecule has 0 fully saturated rings. The van der Waals surface area contributed by atoms with Crippen molar-refractivity contribution in [3.63, 3.8) is 0 Å². The topological polar surface area (TPSA) is 81.6 Å². The molecule has 0 heterocycles. The summed E-state index contributed by atoms with van der Waals surface area (Å²) in [5.74, 6) is -0.728. The highest BCUT2D eigenvalue weighted by Gasteiger charge is 2.26. The minimum atomic E-state index is -0.539. The first-order valence-electron chi connectivity index (χ1n) is 9.73. The Hall–Kier alpha value is -2.76. The van der Waals surface area contributed by atoms with Crippen LogP contribution in [-0.2, 0) is 0 Å². The maximum absolute atomic E-state index is 14.8. The number of carbonyl (C=O) groups excluding carboxylic acids is 1. The Bertz CT molecular complexity index is 837. The van der Waals surface area contributed by atoms with Crippen molar-refractivity contribution in [2.45, 2.75) is 60.5 Å². The number of nitrogens with zero attached hydrogens (tertiary/aromatic N) is 1. The van der Waals surface area contributed by atoms with Gasteiger partial charge in [-0.15, -0.1) is 0 Å². The summed E-state index contributed by atoms with van der Waals surface area (Å²) in [6.07, 6.45) is 3.53. The van der Waals surface area contributed by atoms with Crippen LogP contribution in [-0.4, -0.2) is 23.3 Å². The average molecular weight is 404 g/mol. The molecule has 160 valence electrons. The summed E-state index contributed by atoms with van der Waals surface area (Å²) in [5.41, 5.74) is 14.7. The lowest BCUT2D eigenvalue weighted by Gasteiger charge is -2.30. The first-order chi connectivity index (χ1) is 13.4.